The van der Waals surface area contributed by atoms with Crippen LogP contribution in [0.5, 0.6) is 0 Å². The van der Waals surface area contributed by atoms with Gasteiger partial charge >= 0.3 is 0 Å². The monoisotopic (exact) mass is 279 g/mol. The number of aliphatic hydroxyl groups is 1. The van der Waals surface area contributed by atoms with Gasteiger partial charge in [-0.3, -0.25) is 4.68 Å². The largest absolute Gasteiger partial charge is 0.396 e. The summed E-state index contributed by atoms with van der Waals surface area (Å²) in [5, 5.41) is 20.5. The van der Waals surface area contributed by atoms with Crippen molar-refractivity contribution < 1.29 is 5.11 Å². The van der Waals surface area contributed by atoms with Crippen molar-refractivity contribution in [2.75, 3.05) is 26.2 Å². The van der Waals surface area contributed by atoms with E-state index in [-0.39, 0.29) is 6.61 Å². The van der Waals surface area contributed by atoms with Crippen molar-refractivity contribution in [1.29, 1.82) is 0 Å². The lowest BCUT2D eigenvalue weighted by Crippen LogP contribution is -2.27. The molecule has 2 aliphatic rings. The number of aromatic nitrogens is 3. The standard InChI is InChI=1S/C14H25N5O/c20-7-1-5-19-11-13(16-17-19)9-15-8-12-4-6-18(10-12)14-2-3-14/h11-12,14-15,20H,1-10H2. The number of hydrogen-bond acceptors (Lipinski definition) is 5. The molecule has 20 heavy (non-hydrogen) atoms. The van der Waals surface area contributed by atoms with E-state index in [0.717, 1.165) is 43.7 Å². The Morgan fingerprint density at radius 1 is 1.35 bits per heavy atom. The van der Waals surface area contributed by atoms with Crippen LogP contribution in [-0.2, 0) is 13.1 Å². The minimum atomic E-state index is 0.201. The number of aryl methyl sites for hydroxylation is 1. The summed E-state index contributed by atoms with van der Waals surface area (Å²) in [7, 11) is 0. The smallest absolute Gasteiger partial charge is 0.0964 e. The minimum Gasteiger partial charge on any atom is -0.396 e. The minimum absolute atomic E-state index is 0.201. The zero-order valence-corrected chi connectivity index (χ0v) is 12.0. The van der Waals surface area contributed by atoms with Gasteiger partial charge in [0.2, 0.25) is 0 Å². The van der Waals surface area contributed by atoms with Gasteiger partial charge in [-0.25, -0.2) is 0 Å². The Kier molecular flexibility index (Phi) is 4.65. The Bertz CT molecular complexity index is 417. The average molecular weight is 279 g/mol. The zero-order chi connectivity index (χ0) is 13.8. The summed E-state index contributed by atoms with van der Waals surface area (Å²) in [6.45, 7) is 5.36. The van der Waals surface area contributed by atoms with Crippen LogP contribution in [0.15, 0.2) is 6.20 Å². The molecular formula is C14H25N5O. The Labute approximate surface area is 120 Å². The lowest BCUT2D eigenvalue weighted by atomic mass is 10.1. The molecule has 1 aromatic heterocycles. The van der Waals surface area contributed by atoms with Crippen LogP contribution in [0.25, 0.3) is 0 Å². The predicted molar refractivity (Wildman–Crippen MR) is 76.1 cm³/mol. The molecule has 3 rings (SSSR count). The van der Waals surface area contributed by atoms with Crippen molar-refractivity contribution in [2.24, 2.45) is 5.92 Å². The summed E-state index contributed by atoms with van der Waals surface area (Å²) in [6.07, 6.45) is 6.85. The van der Waals surface area contributed by atoms with Gasteiger partial charge < -0.3 is 15.3 Å². The maximum Gasteiger partial charge on any atom is 0.0964 e. The highest BCUT2D eigenvalue weighted by Crippen LogP contribution is 2.31. The molecule has 1 unspecified atom stereocenters. The molecule has 0 bridgehead atoms. The molecule has 112 valence electrons. The first-order valence-corrected chi connectivity index (χ1v) is 7.80. The van der Waals surface area contributed by atoms with Crippen LogP contribution in [0.2, 0.25) is 0 Å². The van der Waals surface area contributed by atoms with Gasteiger partial charge in [-0.1, -0.05) is 5.21 Å². The van der Waals surface area contributed by atoms with E-state index in [2.05, 4.69) is 20.5 Å². The second-order valence-electron chi connectivity index (χ2n) is 6.06. The summed E-state index contributed by atoms with van der Waals surface area (Å²) < 4.78 is 1.80. The van der Waals surface area contributed by atoms with Crippen LogP contribution in [0.3, 0.4) is 0 Å². The fourth-order valence-corrected chi connectivity index (χ4v) is 2.97. The third-order valence-electron chi connectivity index (χ3n) is 4.25. The summed E-state index contributed by atoms with van der Waals surface area (Å²) in [6, 6.07) is 0.909. The van der Waals surface area contributed by atoms with Gasteiger partial charge in [0.15, 0.2) is 0 Å². The summed E-state index contributed by atoms with van der Waals surface area (Å²) in [5.41, 5.74) is 0.986. The van der Waals surface area contributed by atoms with Crippen molar-refractivity contribution in [1.82, 2.24) is 25.2 Å². The van der Waals surface area contributed by atoms with Crippen LogP contribution in [0.1, 0.15) is 31.4 Å². The van der Waals surface area contributed by atoms with Gasteiger partial charge in [0.25, 0.3) is 0 Å². The molecule has 2 N–H and O–H groups in total. The predicted octanol–water partition coefficient (Wildman–Crippen LogP) is 0.234. The quantitative estimate of drug-likeness (QED) is 0.713. The maximum absolute atomic E-state index is 8.78. The first-order valence-electron chi connectivity index (χ1n) is 7.80. The highest BCUT2D eigenvalue weighted by atomic mass is 16.3. The third-order valence-corrected chi connectivity index (χ3v) is 4.25. The molecule has 1 aliphatic carbocycles. The molecule has 6 heteroatoms. The fourth-order valence-electron chi connectivity index (χ4n) is 2.97. The molecule has 1 saturated carbocycles. The molecule has 1 aromatic rings. The molecule has 1 aliphatic heterocycles. The van der Waals surface area contributed by atoms with Crippen LogP contribution in [0, 0.1) is 5.92 Å². The maximum atomic E-state index is 8.78. The number of nitrogens with zero attached hydrogens (tertiary/aromatic N) is 4. The average Bonchev–Trinajstić information content (AvgIpc) is 3.03. The number of likely N-dealkylation sites (tertiary alicyclic amines) is 1. The van der Waals surface area contributed by atoms with E-state index in [1.807, 2.05) is 6.20 Å². The second kappa shape index (κ2) is 6.65. The molecule has 1 saturated heterocycles. The van der Waals surface area contributed by atoms with Gasteiger partial charge in [-0.15, -0.1) is 5.10 Å². The van der Waals surface area contributed by atoms with Crippen LogP contribution < -0.4 is 5.32 Å². The summed E-state index contributed by atoms with van der Waals surface area (Å²) in [5.74, 6) is 0.792. The van der Waals surface area contributed by atoms with Gasteiger partial charge in [-0.2, -0.15) is 0 Å². The van der Waals surface area contributed by atoms with E-state index in [1.54, 1.807) is 4.68 Å². The van der Waals surface area contributed by atoms with Gasteiger partial charge in [-0.05, 0) is 44.7 Å². The van der Waals surface area contributed by atoms with Gasteiger partial charge in [0, 0.05) is 38.5 Å². The van der Waals surface area contributed by atoms with E-state index in [4.69, 9.17) is 5.11 Å². The molecular weight excluding hydrogens is 254 g/mol. The molecule has 0 radical (unpaired) electrons. The Morgan fingerprint density at radius 2 is 2.25 bits per heavy atom. The van der Waals surface area contributed by atoms with Crippen molar-refractivity contribution in [2.45, 2.75) is 44.8 Å². The Balaban J connectivity index is 1.34. The SMILES string of the molecule is OCCCn1cc(CNCC2CCN(C3CC3)C2)nn1. The summed E-state index contributed by atoms with van der Waals surface area (Å²) in [4.78, 5) is 2.65. The number of hydrogen-bond donors (Lipinski definition) is 2. The van der Waals surface area contributed by atoms with Crippen LogP contribution in [-0.4, -0.2) is 57.3 Å². The van der Waals surface area contributed by atoms with E-state index in [1.165, 1.54) is 32.4 Å². The molecule has 2 heterocycles. The van der Waals surface area contributed by atoms with Gasteiger partial charge in [0.05, 0.1) is 5.69 Å². The van der Waals surface area contributed by atoms with E-state index in [9.17, 15) is 0 Å². The van der Waals surface area contributed by atoms with Crippen molar-refractivity contribution in [3.8, 4) is 0 Å². The molecule has 1 atom stereocenters. The van der Waals surface area contributed by atoms with Crippen molar-refractivity contribution in [3.05, 3.63) is 11.9 Å². The third kappa shape index (κ3) is 3.77. The van der Waals surface area contributed by atoms with Crippen molar-refractivity contribution in [3.63, 3.8) is 0 Å². The van der Waals surface area contributed by atoms with Gasteiger partial charge in [0.1, 0.15) is 0 Å². The number of nitrogens with one attached hydrogen (secondary N) is 1. The van der Waals surface area contributed by atoms with E-state index < -0.39 is 0 Å². The lowest BCUT2D eigenvalue weighted by Gasteiger charge is -2.14. The van der Waals surface area contributed by atoms with Crippen LogP contribution in [0.4, 0.5) is 0 Å². The molecule has 2 fully saturated rings. The highest BCUT2D eigenvalue weighted by molar-refractivity contribution is 4.93. The molecule has 0 amide bonds. The molecule has 0 aromatic carbocycles. The Morgan fingerprint density at radius 3 is 3.05 bits per heavy atom. The van der Waals surface area contributed by atoms with Crippen LogP contribution >= 0.6 is 0 Å². The van der Waals surface area contributed by atoms with E-state index in [0.29, 0.717) is 0 Å². The van der Waals surface area contributed by atoms with E-state index >= 15 is 0 Å². The second-order valence-corrected chi connectivity index (χ2v) is 6.06. The topological polar surface area (TPSA) is 66.2 Å². The zero-order valence-electron chi connectivity index (χ0n) is 12.0. The normalized spacial score (nSPS) is 23.6. The fraction of sp³-hybridized carbons (Fsp3) is 0.857. The molecule has 0 spiro atoms. The molecule has 6 nitrogen and oxygen atoms in total. The number of aliphatic hydroxyl groups excluding tert-OH is 1. The lowest BCUT2D eigenvalue weighted by molar-refractivity contribution is 0.276. The first kappa shape index (κ1) is 14.0. The van der Waals surface area contributed by atoms with Crippen molar-refractivity contribution >= 4 is 0 Å². The number of rotatable bonds is 8. The summed E-state index contributed by atoms with van der Waals surface area (Å²) >= 11 is 0. The first-order chi connectivity index (χ1) is 9.85. The Hall–Kier alpha value is -0.980. The highest BCUT2D eigenvalue weighted by Gasteiger charge is 2.33.